The van der Waals surface area contributed by atoms with E-state index in [1.54, 1.807) is 12.3 Å². The van der Waals surface area contributed by atoms with E-state index in [1.807, 2.05) is 6.07 Å². The van der Waals surface area contributed by atoms with E-state index in [0.717, 1.165) is 23.8 Å². The van der Waals surface area contributed by atoms with Crippen LogP contribution >= 0.6 is 0 Å². The molecule has 1 heterocycles. The molecule has 2 rings (SSSR count). The van der Waals surface area contributed by atoms with Crippen molar-refractivity contribution in [3.8, 4) is 5.75 Å². The number of aromatic nitrogens is 1. The highest BCUT2D eigenvalue weighted by atomic mass is 19.1. The third-order valence-electron chi connectivity index (χ3n) is 2.41. The first-order valence-corrected chi connectivity index (χ1v) is 5.41. The second kappa shape index (κ2) is 5.55. The fourth-order valence-electron chi connectivity index (χ4n) is 1.56. The van der Waals surface area contributed by atoms with Crippen molar-refractivity contribution >= 4 is 0 Å². The lowest BCUT2D eigenvalue weighted by molar-refractivity contribution is 0.301. The summed E-state index contributed by atoms with van der Waals surface area (Å²) < 4.78 is 31.2. The molecule has 0 atom stereocenters. The van der Waals surface area contributed by atoms with Gasteiger partial charge in [-0.05, 0) is 6.07 Å². The summed E-state index contributed by atoms with van der Waals surface area (Å²) >= 11 is 0. The Hall–Kier alpha value is -2.01. The maximum atomic E-state index is 12.9. The molecule has 0 saturated heterocycles. The van der Waals surface area contributed by atoms with Gasteiger partial charge < -0.3 is 10.5 Å². The van der Waals surface area contributed by atoms with Crippen molar-refractivity contribution in [2.45, 2.75) is 13.2 Å². The van der Waals surface area contributed by atoms with Crippen LogP contribution in [0.4, 0.5) is 8.78 Å². The van der Waals surface area contributed by atoms with E-state index in [1.165, 1.54) is 0 Å². The van der Waals surface area contributed by atoms with Gasteiger partial charge in [0.05, 0.1) is 5.69 Å². The molecule has 18 heavy (non-hydrogen) atoms. The maximum absolute atomic E-state index is 12.9. The standard InChI is InChI=1S/C13H12F2N2O/c14-10-4-11(15)6-12(5-10)18-8-9-2-1-3-17-13(9)7-16/h1-6H,7-8,16H2. The number of pyridine rings is 1. The summed E-state index contributed by atoms with van der Waals surface area (Å²) in [5.74, 6) is -1.20. The van der Waals surface area contributed by atoms with Crippen molar-refractivity contribution in [3.63, 3.8) is 0 Å². The van der Waals surface area contributed by atoms with Gasteiger partial charge in [-0.3, -0.25) is 4.98 Å². The Labute approximate surface area is 103 Å². The molecule has 0 radical (unpaired) electrons. The van der Waals surface area contributed by atoms with E-state index in [4.69, 9.17) is 10.5 Å². The lowest BCUT2D eigenvalue weighted by Crippen LogP contribution is -2.06. The van der Waals surface area contributed by atoms with Crippen LogP contribution < -0.4 is 10.5 Å². The van der Waals surface area contributed by atoms with Crippen LogP contribution in [0.15, 0.2) is 36.5 Å². The zero-order chi connectivity index (χ0) is 13.0. The second-order valence-corrected chi connectivity index (χ2v) is 3.71. The van der Waals surface area contributed by atoms with Crippen LogP contribution in [0.1, 0.15) is 11.3 Å². The van der Waals surface area contributed by atoms with Crippen molar-refractivity contribution in [1.82, 2.24) is 4.98 Å². The smallest absolute Gasteiger partial charge is 0.129 e. The molecule has 1 aromatic carbocycles. The van der Waals surface area contributed by atoms with Crippen LogP contribution in [0.2, 0.25) is 0 Å². The molecular formula is C13H12F2N2O. The van der Waals surface area contributed by atoms with Crippen LogP contribution in [0.25, 0.3) is 0 Å². The molecule has 0 aliphatic rings. The normalized spacial score (nSPS) is 10.4. The molecule has 5 heteroatoms. The minimum atomic E-state index is -0.671. The van der Waals surface area contributed by atoms with Crippen LogP contribution in [0, 0.1) is 11.6 Å². The molecule has 0 aliphatic heterocycles. The third kappa shape index (κ3) is 3.01. The van der Waals surface area contributed by atoms with Gasteiger partial charge in [-0.1, -0.05) is 6.07 Å². The minimum absolute atomic E-state index is 0.138. The molecular weight excluding hydrogens is 238 g/mol. The molecule has 0 fully saturated rings. The molecule has 0 unspecified atom stereocenters. The van der Waals surface area contributed by atoms with Crippen molar-refractivity contribution in [2.24, 2.45) is 5.73 Å². The van der Waals surface area contributed by atoms with Gasteiger partial charge in [0.25, 0.3) is 0 Å². The van der Waals surface area contributed by atoms with E-state index in [-0.39, 0.29) is 18.9 Å². The van der Waals surface area contributed by atoms with E-state index >= 15 is 0 Å². The lowest BCUT2D eigenvalue weighted by atomic mass is 10.2. The number of ether oxygens (including phenoxy) is 1. The Balaban J connectivity index is 2.11. The number of nitrogens with two attached hydrogens (primary N) is 1. The number of nitrogens with zero attached hydrogens (tertiary/aromatic N) is 1. The zero-order valence-electron chi connectivity index (χ0n) is 9.57. The zero-order valence-corrected chi connectivity index (χ0v) is 9.57. The van der Waals surface area contributed by atoms with Crippen molar-refractivity contribution in [1.29, 1.82) is 0 Å². The topological polar surface area (TPSA) is 48.1 Å². The van der Waals surface area contributed by atoms with Gasteiger partial charge in [-0.15, -0.1) is 0 Å². The lowest BCUT2D eigenvalue weighted by Gasteiger charge is -2.09. The number of hydrogen-bond donors (Lipinski definition) is 1. The van der Waals surface area contributed by atoms with Gasteiger partial charge >= 0.3 is 0 Å². The summed E-state index contributed by atoms with van der Waals surface area (Å²) in [4.78, 5) is 4.09. The molecule has 3 nitrogen and oxygen atoms in total. The monoisotopic (exact) mass is 250 g/mol. The predicted molar refractivity (Wildman–Crippen MR) is 62.8 cm³/mol. The summed E-state index contributed by atoms with van der Waals surface area (Å²) in [6, 6.07) is 6.61. The quantitative estimate of drug-likeness (QED) is 0.906. The molecule has 0 aliphatic carbocycles. The first-order valence-electron chi connectivity index (χ1n) is 5.41. The minimum Gasteiger partial charge on any atom is -0.489 e. The highest BCUT2D eigenvalue weighted by molar-refractivity contribution is 5.25. The Morgan fingerprint density at radius 3 is 2.56 bits per heavy atom. The van der Waals surface area contributed by atoms with Crippen LogP contribution in [0.3, 0.4) is 0 Å². The Morgan fingerprint density at radius 2 is 1.89 bits per heavy atom. The fraction of sp³-hybridized carbons (Fsp3) is 0.154. The van der Waals surface area contributed by atoms with Gasteiger partial charge in [0.1, 0.15) is 24.0 Å². The summed E-state index contributed by atoms with van der Waals surface area (Å²) in [6.45, 7) is 0.459. The van der Waals surface area contributed by atoms with E-state index in [9.17, 15) is 8.78 Å². The van der Waals surface area contributed by atoms with Gasteiger partial charge in [0.2, 0.25) is 0 Å². The molecule has 0 spiro atoms. The van der Waals surface area contributed by atoms with Gasteiger partial charge in [-0.25, -0.2) is 8.78 Å². The van der Waals surface area contributed by atoms with Gasteiger partial charge in [0, 0.05) is 36.5 Å². The largest absolute Gasteiger partial charge is 0.489 e. The highest BCUT2D eigenvalue weighted by Crippen LogP contribution is 2.17. The summed E-state index contributed by atoms with van der Waals surface area (Å²) in [6.07, 6.45) is 1.63. The van der Waals surface area contributed by atoms with Crippen LogP contribution in [-0.4, -0.2) is 4.98 Å². The van der Waals surface area contributed by atoms with Crippen molar-refractivity contribution in [3.05, 3.63) is 59.4 Å². The SMILES string of the molecule is NCc1ncccc1COc1cc(F)cc(F)c1. The third-order valence-corrected chi connectivity index (χ3v) is 2.41. The second-order valence-electron chi connectivity index (χ2n) is 3.71. The van der Waals surface area contributed by atoms with Crippen molar-refractivity contribution < 1.29 is 13.5 Å². The first kappa shape index (κ1) is 12.4. The summed E-state index contributed by atoms with van der Waals surface area (Å²) in [5, 5.41) is 0. The highest BCUT2D eigenvalue weighted by Gasteiger charge is 2.05. The summed E-state index contributed by atoms with van der Waals surface area (Å²) in [7, 11) is 0. The molecule has 0 saturated carbocycles. The maximum Gasteiger partial charge on any atom is 0.129 e. The van der Waals surface area contributed by atoms with Crippen LogP contribution in [0.5, 0.6) is 5.75 Å². The molecule has 0 amide bonds. The Morgan fingerprint density at radius 1 is 1.17 bits per heavy atom. The predicted octanol–water partition coefficient (Wildman–Crippen LogP) is 2.40. The van der Waals surface area contributed by atoms with E-state index in [2.05, 4.69) is 4.98 Å². The van der Waals surface area contributed by atoms with Crippen LogP contribution in [-0.2, 0) is 13.2 Å². The number of hydrogen-bond acceptors (Lipinski definition) is 3. The molecule has 2 aromatic rings. The van der Waals surface area contributed by atoms with Gasteiger partial charge in [-0.2, -0.15) is 0 Å². The van der Waals surface area contributed by atoms with E-state index in [0.29, 0.717) is 5.69 Å². The Kier molecular flexibility index (Phi) is 3.84. The average molecular weight is 250 g/mol. The Bertz CT molecular complexity index is 526. The van der Waals surface area contributed by atoms with Crippen molar-refractivity contribution in [2.75, 3.05) is 0 Å². The fourth-order valence-corrected chi connectivity index (χ4v) is 1.56. The average Bonchev–Trinajstić information content (AvgIpc) is 2.35. The first-order chi connectivity index (χ1) is 8.69. The van der Waals surface area contributed by atoms with E-state index < -0.39 is 11.6 Å². The number of rotatable bonds is 4. The molecule has 0 bridgehead atoms. The molecule has 94 valence electrons. The summed E-state index contributed by atoms with van der Waals surface area (Å²) in [5.41, 5.74) is 7.03. The van der Waals surface area contributed by atoms with Gasteiger partial charge in [0.15, 0.2) is 0 Å². The molecule has 1 aromatic heterocycles. The number of halogens is 2. The molecule has 2 N–H and O–H groups in total. The number of benzene rings is 1.